The third-order valence-electron chi connectivity index (χ3n) is 6.79. The summed E-state index contributed by atoms with van der Waals surface area (Å²) in [6.45, 7) is 3.03. The smallest absolute Gasteiger partial charge is 0.270 e. The molecule has 2 aliphatic carbocycles. The van der Waals surface area contributed by atoms with Crippen molar-refractivity contribution in [3.8, 4) is 0 Å². The van der Waals surface area contributed by atoms with E-state index in [-0.39, 0.29) is 29.6 Å². The van der Waals surface area contributed by atoms with E-state index in [9.17, 15) is 27.6 Å². The number of amides is 3. The maximum absolute atomic E-state index is 14.8. The second-order valence-corrected chi connectivity index (χ2v) is 10.1. The van der Waals surface area contributed by atoms with E-state index >= 15 is 0 Å². The molecule has 2 fully saturated rings. The summed E-state index contributed by atoms with van der Waals surface area (Å²) in [7, 11) is 0. The molecule has 0 aliphatic heterocycles. The normalized spacial score (nSPS) is 16.2. The Morgan fingerprint density at radius 1 is 1.08 bits per heavy atom. The minimum atomic E-state index is -2.67. The number of carbonyl (C=O) groups is 3. The molecule has 1 heterocycles. The van der Waals surface area contributed by atoms with Crippen LogP contribution in [0.4, 0.5) is 18.9 Å². The van der Waals surface area contributed by atoms with Crippen molar-refractivity contribution < 1.29 is 27.6 Å². The van der Waals surface area contributed by atoms with Gasteiger partial charge < -0.3 is 16.0 Å². The van der Waals surface area contributed by atoms with Gasteiger partial charge in [-0.25, -0.2) is 13.2 Å². The van der Waals surface area contributed by atoms with E-state index in [2.05, 4.69) is 21.0 Å². The summed E-state index contributed by atoms with van der Waals surface area (Å²) in [6.07, 6.45) is 2.54. The minimum Gasteiger partial charge on any atom is -0.350 e. The minimum absolute atomic E-state index is 0.0414. The molecule has 4 rings (SSSR count). The van der Waals surface area contributed by atoms with E-state index in [1.807, 2.05) is 13.8 Å². The lowest BCUT2D eigenvalue weighted by molar-refractivity contribution is -0.121. The molecule has 0 bridgehead atoms. The molecule has 0 saturated heterocycles. The van der Waals surface area contributed by atoms with Gasteiger partial charge in [-0.1, -0.05) is 6.07 Å². The SMILES string of the molecule is CC(C)n1nccc1C(=O)NC(C(=O)Nc1ccc(CC(=O)NCC(F)F)cc1F)C(C1CC1)C1CC1. The fraction of sp³-hybridized carbons (Fsp3) is 0.538. The van der Waals surface area contributed by atoms with Gasteiger partial charge in [-0.3, -0.25) is 19.1 Å². The predicted molar refractivity (Wildman–Crippen MR) is 131 cm³/mol. The largest absolute Gasteiger partial charge is 0.350 e. The highest BCUT2D eigenvalue weighted by Gasteiger charge is 2.48. The molecular formula is C26H32F3N5O3. The zero-order valence-corrected chi connectivity index (χ0v) is 20.8. The van der Waals surface area contributed by atoms with E-state index in [0.29, 0.717) is 17.5 Å². The average Bonchev–Trinajstić information content (AvgIpc) is 3.78. The summed E-state index contributed by atoms with van der Waals surface area (Å²) < 4.78 is 41.0. The molecule has 37 heavy (non-hydrogen) atoms. The predicted octanol–water partition coefficient (Wildman–Crippen LogP) is 3.70. The number of benzene rings is 1. The first-order valence-electron chi connectivity index (χ1n) is 12.6. The molecule has 0 radical (unpaired) electrons. The Hall–Kier alpha value is -3.37. The van der Waals surface area contributed by atoms with Gasteiger partial charge in [0.25, 0.3) is 12.3 Å². The van der Waals surface area contributed by atoms with Crippen LogP contribution in [0.5, 0.6) is 0 Å². The number of nitrogens with zero attached hydrogens (tertiary/aromatic N) is 2. The number of halogens is 3. The molecule has 3 amide bonds. The third kappa shape index (κ3) is 6.90. The van der Waals surface area contributed by atoms with Crippen LogP contribution in [-0.4, -0.2) is 46.5 Å². The summed E-state index contributed by atoms with van der Waals surface area (Å²) in [5.74, 6) is -1.71. The lowest BCUT2D eigenvalue weighted by Gasteiger charge is -2.28. The number of aromatic nitrogens is 2. The van der Waals surface area contributed by atoms with Gasteiger partial charge in [0, 0.05) is 12.2 Å². The van der Waals surface area contributed by atoms with Gasteiger partial charge in [-0.2, -0.15) is 5.10 Å². The monoisotopic (exact) mass is 519 g/mol. The Bertz CT molecular complexity index is 1130. The van der Waals surface area contributed by atoms with Crippen LogP contribution in [0.25, 0.3) is 0 Å². The van der Waals surface area contributed by atoms with Crippen LogP contribution in [0.1, 0.15) is 61.6 Å². The molecule has 3 N–H and O–H groups in total. The molecule has 2 aromatic rings. The summed E-state index contributed by atoms with van der Waals surface area (Å²) >= 11 is 0. The Morgan fingerprint density at radius 2 is 1.76 bits per heavy atom. The average molecular weight is 520 g/mol. The third-order valence-corrected chi connectivity index (χ3v) is 6.79. The second kappa shape index (κ2) is 11.4. The van der Waals surface area contributed by atoms with Crippen LogP contribution < -0.4 is 16.0 Å². The van der Waals surface area contributed by atoms with E-state index in [1.54, 1.807) is 10.7 Å². The van der Waals surface area contributed by atoms with Crippen molar-refractivity contribution in [3.05, 3.63) is 47.5 Å². The second-order valence-electron chi connectivity index (χ2n) is 10.1. The van der Waals surface area contributed by atoms with Crippen LogP contribution in [-0.2, 0) is 16.0 Å². The number of carbonyl (C=O) groups excluding carboxylic acids is 3. The molecule has 1 aromatic heterocycles. The number of nitrogens with one attached hydrogen (secondary N) is 3. The van der Waals surface area contributed by atoms with Crippen molar-refractivity contribution in [2.45, 2.75) is 64.5 Å². The molecule has 8 nitrogen and oxygen atoms in total. The molecule has 2 aliphatic rings. The Kier molecular flexibility index (Phi) is 8.19. The van der Waals surface area contributed by atoms with Crippen LogP contribution in [0.15, 0.2) is 30.5 Å². The fourth-order valence-corrected chi connectivity index (χ4v) is 4.77. The maximum Gasteiger partial charge on any atom is 0.270 e. The fourth-order valence-electron chi connectivity index (χ4n) is 4.77. The lowest BCUT2D eigenvalue weighted by Crippen LogP contribution is -2.50. The molecular weight excluding hydrogens is 487 g/mol. The van der Waals surface area contributed by atoms with Gasteiger partial charge in [-0.15, -0.1) is 0 Å². The number of anilines is 1. The van der Waals surface area contributed by atoms with Crippen LogP contribution >= 0.6 is 0 Å². The van der Waals surface area contributed by atoms with E-state index in [1.165, 1.54) is 18.3 Å². The van der Waals surface area contributed by atoms with E-state index < -0.39 is 42.6 Å². The van der Waals surface area contributed by atoms with Crippen molar-refractivity contribution in [1.82, 2.24) is 20.4 Å². The molecule has 1 unspecified atom stereocenters. The molecule has 1 atom stereocenters. The first-order valence-corrected chi connectivity index (χ1v) is 12.6. The summed E-state index contributed by atoms with van der Waals surface area (Å²) in [6, 6.07) is 4.58. The molecule has 0 spiro atoms. The zero-order chi connectivity index (χ0) is 26.7. The number of hydrogen-bond donors (Lipinski definition) is 3. The molecule has 11 heteroatoms. The molecule has 2 saturated carbocycles. The maximum atomic E-state index is 14.8. The van der Waals surface area contributed by atoms with Crippen molar-refractivity contribution in [1.29, 1.82) is 0 Å². The first kappa shape index (κ1) is 26.7. The van der Waals surface area contributed by atoms with Gasteiger partial charge in [0.05, 0.1) is 18.7 Å². The first-order chi connectivity index (χ1) is 17.6. The van der Waals surface area contributed by atoms with Crippen molar-refractivity contribution >= 4 is 23.4 Å². The Balaban J connectivity index is 1.48. The topological polar surface area (TPSA) is 105 Å². The van der Waals surface area contributed by atoms with Crippen molar-refractivity contribution in [3.63, 3.8) is 0 Å². The summed E-state index contributed by atoms with van der Waals surface area (Å²) in [5, 5.41) is 11.8. The highest BCUT2D eigenvalue weighted by Crippen LogP contribution is 2.51. The number of alkyl halides is 2. The van der Waals surface area contributed by atoms with E-state index in [4.69, 9.17) is 0 Å². The van der Waals surface area contributed by atoms with Gasteiger partial charge in [-0.05, 0) is 81.0 Å². The highest BCUT2D eigenvalue weighted by atomic mass is 19.3. The summed E-state index contributed by atoms with van der Waals surface area (Å²) in [5.41, 5.74) is 0.542. The van der Waals surface area contributed by atoms with Crippen LogP contribution in [0.3, 0.4) is 0 Å². The number of hydrogen-bond acceptors (Lipinski definition) is 4. The van der Waals surface area contributed by atoms with Crippen molar-refractivity contribution in [2.75, 3.05) is 11.9 Å². The quantitative estimate of drug-likeness (QED) is 0.398. The molecule has 200 valence electrons. The van der Waals surface area contributed by atoms with Crippen molar-refractivity contribution in [2.24, 2.45) is 17.8 Å². The zero-order valence-electron chi connectivity index (χ0n) is 20.8. The van der Waals surface area contributed by atoms with Gasteiger partial charge >= 0.3 is 0 Å². The van der Waals surface area contributed by atoms with E-state index in [0.717, 1.165) is 31.7 Å². The Morgan fingerprint density at radius 3 is 2.32 bits per heavy atom. The lowest BCUT2D eigenvalue weighted by atomic mass is 9.88. The Labute approximate surface area is 213 Å². The number of rotatable bonds is 12. The molecule has 1 aromatic carbocycles. The van der Waals surface area contributed by atoms with Gasteiger partial charge in [0.15, 0.2) is 0 Å². The summed E-state index contributed by atoms with van der Waals surface area (Å²) in [4.78, 5) is 38.4. The standard InChI is InChI=1S/C26H32F3N5O3/c1-14(2)34-20(9-10-31-34)25(36)33-24(23(16-4-5-16)17-6-7-17)26(37)32-19-8-3-15(11-18(19)27)12-22(35)30-13-21(28)29/h3,8-11,14,16-17,21,23-24H,4-7,12-13H2,1-2H3,(H,30,35)(H,32,37)(H,33,36). The van der Waals surface area contributed by atoms with Gasteiger partial charge in [0.2, 0.25) is 11.8 Å². The van der Waals surface area contributed by atoms with Gasteiger partial charge in [0.1, 0.15) is 17.6 Å². The highest BCUT2D eigenvalue weighted by molar-refractivity contribution is 6.01. The van der Waals surface area contributed by atoms with Crippen LogP contribution in [0.2, 0.25) is 0 Å². The van der Waals surface area contributed by atoms with Crippen LogP contribution in [0, 0.1) is 23.6 Å².